The Morgan fingerprint density at radius 3 is 2.52 bits per heavy atom. The predicted octanol–water partition coefficient (Wildman–Crippen LogP) is 3.94. The molecule has 0 radical (unpaired) electrons. The van der Waals surface area contributed by atoms with Crippen LogP contribution < -0.4 is 11.1 Å². The van der Waals surface area contributed by atoms with Gasteiger partial charge in [-0.2, -0.15) is 0 Å². The summed E-state index contributed by atoms with van der Waals surface area (Å²) in [4.78, 5) is 12.2. The van der Waals surface area contributed by atoms with Gasteiger partial charge in [-0.1, -0.05) is 30.7 Å². The Labute approximate surface area is 127 Å². The van der Waals surface area contributed by atoms with Crippen LogP contribution in [0.15, 0.2) is 42.5 Å². The second kappa shape index (κ2) is 6.59. The second-order valence-corrected chi connectivity index (χ2v) is 5.16. The summed E-state index contributed by atoms with van der Waals surface area (Å²) in [5.41, 5.74) is 6.67. The average molecular weight is 307 g/mol. The van der Waals surface area contributed by atoms with Crippen molar-refractivity contribution >= 4 is 23.2 Å². The van der Waals surface area contributed by atoms with Gasteiger partial charge in [-0.15, -0.1) is 0 Å². The van der Waals surface area contributed by atoms with Crippen LogP contribution in [0.25, 0.3) is 0 Å². The lowest BCUT2D eigenvalue weighted by Crippen LogP contribution is -2.28. The normalized spacial score (nSPS) is 12.0. The van der Waals surface area contributed by atoms with Crippen LogP contribution >= 0.6 is 11.6 Å². The molecule has 0 bridgehead atoms. The molecule has 2 aromatic rings. The van der Waals surface area contributed by atoms with Crippen LogP contribution in [0.2, 0.25) is 5.02 Å². The number of rotatable bonds is 4. The molecule has 2 aromatic carbocycles. The summed E-state index contributed by atoms with van der Waals surface area (Å²) in [6, 6.07) is 11.0. The summed E-state index contributed by atoms with van der Waals surface area (Å²) in [5, 5.41) is 3.45. The summed E-state index contributed by atoms with van der Waals surface area (Å²) in [7, 11) is 0. The average Bonchev–Trinajstić information content (AvgIpc) is 2.45. The van der Waals surface area contributed by atoms with E-state index in [1.165, 1.54) is 12.1 Å². The van der Waals surface area contributed by atoms with Gasteiger partial charge in [0.15, 0.2) is 0 Å². The molecule has 0 aliphatic heterocycles. The van der Waals surface area contributed by atoms with E-state index in [1.54, 1.807) is 12.1 Å². The molecule has 0 aromatic heterocycles. The Hall–Kier alpha value is -2.07. The third-order valence-electron chi connectivity index (χ3n) is 3.22. The standard InChI is InChI=1S/C16H16ClFN2O/c1-2-15(10-3-5-11(17)6-4-10)20-16(21)13-8-7-12(19)9-14(13)18/h3-9,15H,2,19H2,1H3,(H,20,21). The lowest BCUT2D eigenvalue weighted by Gasteiger charge is -2.18. The zero-order chi connectivity index (χ0) is 15.4. The molecular formula is C16H16ClFN2O. The predicted molar refractivity (Wildman–Crippen MR) is 82.8 cm³/mol. The van der Waals surface area contributed by atoms with Crippen molar-refractivity contribution in [1.82, 2.24) is 5.32 Å². The van der Waals surface area contributed by atoms with Gasteiger partial charge in [-0.25, -0.2) is 4.39 Å². The second-order valence-electron chi connectivity index (χ2n) is 4.73. The number of anilines is 1. The first-order valence-corrected chi connectivity index (χ1v) is 7.00. The number of nitrogens with two attached hydrogens (primary N) is 1. The molecule has 3 N–H and O–H groups in total. The van der Waals surface area contributed by atoms with Gasteiger partial charge < -0.3 is 11.1 Å². The Bertz CT molecular complexity index is 643. The maximum atomic E-state index is 13.8. The number of nitrogens with one attached hydrogen (secondary N) is 1. The van der Waals surface area contributed by atoms with Gasteiger partial charge >= 0.3 is 0 Å². The summed E-state index contributed by atoms with van der Waals surface area (Å²) in [6.45, 7) is 1.94. The van der Waals surface area contributed by atoms with Crippen LogP contribution in [-0.4, -0.2) is 5.91 Å². The van der Waals surface area contributed by atoms with Crippen molar-refractivity contribution in [1.29, 1.82) is 0 Å². The lowest BCUT2D eigenvalue weighted by atomic mass is 10.0. The van der Waals surface area contributed by atoms with Gasteiger partial charge in [0.05, 0.1) is 11.6 Å². The topological polar surface area (TPSA) is 55.1 Å². The number of carbonyl (C=O) groups excluding carboxylic acids is 1. The number of nitrogen functional groups attached to an aromatic ring is 1. The third kappa shape index (κ3) is 3.73. The zero-order valence-corrected chi connectivity index (χ0v) is 12.3. The first-order chi connectivity index (χ1) is 10.0. The molecule has 0 saturated carbocycles. The number of benzene rings is 2. The quantitative estimate of drug-likeness (QED) is 0.841. The highest BCUT2D eigenvalue weighted by Crippen LogP contribution is 2.20. The van der Waals surface area contributed by atoms with Crippen LogP contribution in [-0.2, 0) is 0 Å². The van der Waals surface area contributed by atoms with Gasteiger partial charge in [0.25, 0.3) is 5.91 Å². The lowest BCUT2D eigenvalue weighted by molar-refractivity contribution is 0.0931. The molecular weight excluding hydrogens is 291 g/mol. The van der Waals surface area contributed by atoms with Crippen molar-refractivity contribution in [2.75, 3.05) is 5.73 Å². The molecule has 1 atom stereocenters. The number of halogens is 2. The van der Waals surface area contributed by atoms with Crippen LogP contribution in [0.1, 0.15) is 35.3 Å². The van der Waals surface area contributed by atoms with Gasteiger partial charge in [0.1, 0.15) is 5.82 Å². The molecule has 0 saturated heterocycles. The summed E-state index contributed by atoms with van der Waals surface area (Å²) >= 11 is 5.85. The highest BCUT2D eigenvalue weighted by molar-refractivity contribution is 6.30. The Kier molecular flexibility index (Phi) is 4.81. The number of hydrogen-bond acceptors (Lipinski definition) is 2. The summed E-state index contributed by atoms with van der Waals surface area (Å²) < 4.78 is 13.8. The van der Waals surface area contributed by atoms with E-state index in [9.17, 15) is 9.18 Å². The zero-order valence-electron chi connectivity index (χ0n) is 11.6. The maximum absolute atomic E-state index is 13.8. The van der Waals surface area contributed by atoms with E-state index < -0.39 is 11.7 Å². The van der Waals surface area contributed by atoms with Gasteiger partial charge in [-0.05, 0) is 42.3 Å². The first kappa shape index (κ1) is 15.3. The Morgan fingerprint density at radius 2 is 1.95 bits per heavy atom. The number of hydrogen-bond donors (Lipinski definition) is 2. The minimum absolute atomic E-state index is 0.0170. The minimum atomic E-state index is -0.626. The van der Waals surface area contributed by atoms with Crippen LogP contribution in [0, 0.1) is 5.82 Å². The highest BCUT2D eigenvalue weighted by atomic mass is 35.5. The molecule has 0 heterocycles. The molecule has 1 unspecified atom stereocenters. The van der Waals surface area contributed by atoms with Crippen molar-refractivity contribution in [3.05, 3.63) is 64.4 Å². The maximum Gasteiger partial charge on any atom is 0.254 e. The van der Waals surface area contributed by atoms with E-state index in [1.807, 2.05) is 19.1 Å². The summed E-state index contributed by atoms with van der Waals surface area (Å²) in [5.74, 6) is -1.09. The molecule has 21 heavy (non-hydrogen) atoms. The summed E-state index contributed by atoms with van der Waals surface area (Å²) in [6.07, 6.45) is 0.684. The number of amides is 1. The van der Waals surface area contributed by atoms with E-state index in [4.69, 9.17) is 17.3 Å². The van der Waals surface area contributed by atoms with Gasteiger partial charge in [-0.3, -0.25) is 4.79 Å². The molecule has 0 spiro atoms. The van der Waals surface area contributed by atoms with Crippen molar-refractivity contribution in [2.45, 2.75) is 19.4 Å². The van der Waals surface area contributed by atoms with E-state index in [0.717, 1.165) is 11.6 Å². The van der Waals surface area contributed by atoms with Crippen molar-refractivity contribution in [3.63, 3.8) is 0 Å². The van der Waals surface area contributed by atoms with Crippen LogP contribution in [0.4, 0.5) is 10.1 Å². The molecule has 0 aliphatic carbocycles. The molecule has 2 rings (SSSR count). The molecule has 110 valence electrons. The fraction of sp³-hybridized carbons (Fsp3) is 0.188. The third-order valence-corrected chi connectivity index (χ3v) is 3.48. The molecule has 3 nitrogen and oxygen atoms in total. The highest BCUT2D eigenvalue weighted by Gasteiger charge is 2.17. The van der Waals surface area contributed by atoms with E-state index in [0.29, 0.717) is 11.4 Å². The van der Waals surface area contributed by atoms with Crippen molar-refractivity contribution in [2.24, 2.45) is 0 Å². The minimum Gasteiger partial charge on any atom is -0.399 e. The van der Waals surface area contributed by atoms with Crippen molar-refractivity contribution in [3.8, 4) is 0 Å². The largest absolute Gasteiger partial charge is 0.399 e. The molecule has 0 fully saturated rings. The monoisotopic (exact) mass is 306 g/mol. The van der Waals surface area contributed by atoms with Gasteiger partial charge in [0, 0.05) is 10.7 Å². The Balaban J connectivity index is 2.18. The fourth-order valence-electron chi connectivity index (χ4n) is 2.07. The van der Waals surface area contributed by atoms with Crippen LogP contribution in [0.3, 0.4) is 0 Å². The van der Waals surface area contributed by atoms with Crippen LogP contribution in [0.5, 0.6) is 0 Å². The molecule has 5 heteroatoms. The molecule has 0 aliphatic rings. The fourth-order valence-corrected chi connectivity index (χ4v) is 2.19. The van der Waals surface area contributed by atoms with E-state index in [-0.39, 0.29) is 17.3 Å². The number of carbonyl (C=O) groups is 1. The van der Waals surface area contributed by atoms with E-state index in [2.05, 4.69) is 5.32 Å². The first-order valence-electron chi connectivity index (χ1n) is 6.62. The van der Waals surface area contributed by atoms with Crippen molar-refractivity contribution < 1.29 is 9.18 Å². The SMILES string of the molecule is CCC(NC(=O)c1ccc(N)cc1F)c1ccc(Cl)cc1. The van der Waals surface area contributed by atoms with Gasteiger partial charge in [0.2, 0.25) is 0 Å². The Morgan fingerprint density at radius 1 is 1.29 bits per heavy atom. The van der Waals surface area contributed by atoms with E-state index >= 15 is 0 Å². The smallest absolute Gasteiger partial charge is 0.254 e. The molecule has 1 amide bonds.